The number of para-hydroxylation sites is 1. The average Bonchev–Trinajstić information content (AvgIpc) is 2.42. The van der Waals surface area contributed by atoms with E-state index in [1.54, 1.807) is 0 Å². The molecule has 0 aliphatic heterocycles. The van der Waals surface area contributed by atoms with E-state index in [9.17, 15) is 0 Å². The van der Waals surface area contributed by atoms with Crippen LogP contribution >= 0.6 is 24.0 Å². The second-order valence-corrected chi connectivity index (χ2v) is 5.64. The standard InChI is InChI=1S/C14H17N3S2/c1-19-8-4-7-16-13-9-11(14(15)18)10-5-2-3-6-12(10)17-13/h2-3,5-6,9H,4,7-8H2,1H3,(H2,15,18)(H,16,17). The molecule has 0 saturated carbocycles. The largest absolute Gasteiger partial charge is 0.389 e. The summed E-state index contributed by atoms with van der Waals surface area (Å²) in [6.45, 7) is 0.906. The van der Waals surface area contributed by atoms with Crippen LogP contribution in [0.4, 0.5) is 5.82 Å². The van der Waals surface area contributed by atoms with Crippen molar-refractivity contribution in [3.8, 4) is 0 Å². The molecule has 1 aromatic heterocycles. The predicted molar refractivity (Wildman–Crippen MR) is 89.1 cm³/mol. The van der Waals surface area contributed by atoms with Crippen molar-refractivity contribution < 1.29 is 0 Å². The van der Waals surface area contributed by atoms with Crippen molar-refractivity contribution in [1.82, 2.24) is 4.98 Å². The van der Waals surface area contributed by atoms with Gasteiger partial charge in [-0.15, -0.1) is 0 Å². The van der Waals surface area contributed by atoms with E-state index in [-0.39, 0.29) is 0 Å². The quantitative estimate of drug-likeness (QED) is 0.633. The van der Waals surface area contributed by atoms with Crippen molar-refractivity contribution >= 4 is 45.7 Å². The first-order valence-corrected chi connectivity index (χ1v) is 7.95. The van der Waals surface area contributed by atoms with Crippen molar-refractivity contribution in [2.24, 2.45) is 5.73 Å². The average molecular weight is 291 g/mol. The number of nitrogens with zero attached hydrogens (tertiary/aromatic N) is 1. The van der Waals surface area contributed by atoms with Gasteiger partial charge >= 0.3 is 0 Å². The van der Waals surface area contributed by atoms with Gasteiger partial charge < -0.3 is 11.1 Å². The van der Waals surface area contributed by atoms with Gasteiger partial charge in [-0.1, -0.05) is 30.4 Å². The second-order valence-electron chi connectivity index (χ2n) is 4.21. The van der Waals surface area contributed by atoms with Gasteiger partial charge in [0, 0.05) is 17.5 Å². The van der Waals surface area contributed by atoms with Gasteiger partial charge in [-0.2, -0.15) is 11.8 Å². The molecule has 0 radical (unpaired) electrons. The van der Waals surface area contributed by atoms with Crippen LogP contribution in [0.5, 0.6) is 0 Å². The van der Waals surface area contributed by atoms with Crippen LogP contribution in [0, 0.1) is 0 Å². The molecule has 0 saturated heterocycles. The molecule has 19 heavy (non-hydrogen) atoms. The van der Waals surface area contributed by atoms with E-state index in [1.165, 1.54) is 0 Å². The minimum atomic E-state index is 0.408. The topological polar surface area (TPSA) is 50.9 Å². The van der Waals surface area contributed by atoms with Crippen LogP contribution in [0.15, 0.2) is 30.3 Å². The lowest BCUT2D eigenvalue weighted by Crippen LogP contribution is -2.12. The van der Waals surface area contributed by atoms with Crippen molar-refractivity contribution in [2.45, 2.75) is 6.42 Å². The highest BCUT2D eigenvalue weighted by Gasteiger charge is 2.07. The Hall–Kier alpha value is -1.33. The Bertz CT molecular complexity index is 584. The summed E-state index contributed by atoms with van der Waals surface area (Å²) in [4.78, 5) is 4.99. The number of nitrogens with one attached hydrogen (secondary N) is 1. The molecule has 0 bridgehead atoms. The number of fused-ring (bicyclic) bond motifs is 1. The van der Waals surface area contributed by atoms with E-state index >= 15 is 0 Å². The van der Waals surface area contributed by atoms with Crippen LogP contribution in [-0.2, 0) is 0 Å². The number of hydrogen-bond donors (Lipinski definition) is 2. The number of benzene rings is 1. The van der Waals surface area contributed by atoms with E-state index in [2.05, 4.69) is 16.6 Å². The third-order valence-corrected chi connectivity index (χ3v) is 3.73. The SMILES string of the molecule is CSCCCNc1cc(C(N)=S)c2ccccc2n1. The number of aromatic nitrogens is 1. The molecule has 0 atom stereocenters. The summed E-state index contributed by atoms with van der Waals surface area (Å²) in [6, 6.07) is 9.84. The minimum Gasteiger partial charge on any atom is -0.389 e. The Morgan fingerprint density at radius 2 is 2.21 bits per heavy atom. The normalized spacial score (nSPS) is 10.6. The highest BCUT2D eigenvalue weighted by atomic mass is 32.2. The van der Waals surface area contributed by atoms with Crippen molar-refractivity contribution in [3.05, 3.63) is 35.9 Å². The Balaban J connectivity index is 2.27. The number of pyridine rings is 1. The first-order chi connectivity index (χ1) is 9.22. The Labute approximate surface area is 123 Å². The molecule has 0 aliphatic rings. The monoisotopic (exact) mass is 291 g/mol. The molecule has 2 aromatic rings. The van der Waals surface area contributed by atoms with Crippen molar-refractivity contribution in [2.75, 3.05) is 23.9 Å². The van der Waals surface area contributed by atoms with Crippen LogP contribution in [-0.4, -0.2) is 28.5 Å². The fourth-order valence-corrected chi connectivity index (χ4v) is 2.50. The molecular weight excluding hydrogens is 274 g/mol. The Morgan fingerprint density at radius 1 is 1.42 bits per heavy atom. The molecule has 5 heteroatoms. The molecule has 1 aromatic carbocycles. The summed E-state index contributed by atoms with van der Waals surface area (Å²) < 4.78 is 0. The molecule has 0 aliphatic carbocycles. The zero-order chi connectivity index (χ0) is 13.7. The molecule has 2 rings (SSSR count). The first-order valence-electron chi connectivity index (χ1n) is 6.15. The van der Waals surface area contributed by atoms with Gasteiger partial charge in [-0.25, -0.2) is 4.98 Å². The number of thiocarbonyl (C=S) groups is 1. The maximum absolute atomic E-state index is 5.80. The lowest BCUT2D eigenvalue weighted by Gasteiger charge is -2.10. The summed E-state index contributed by atoms with van der Waals surface area (Å²) in [5, 5.41) is 4.33. The van der Waals surface area contributed by atoms with Gasteiger partial charge in [0.05, 0.1) is 5.52 Å². The van der Waals surface area contributed by atoms with Crippen LogP contribution in [0.25, 0.3) is 10.9 Å². The molecule has 1 heterocycles. The zero-order valence-corrected chi connectivity index (χ0v) is 12.5. The van der Waals surface area contributed by atoms with E-state index in [4.69, 9.17) is 18.0 Å². The van der Waals surface area contributed by atoms with E-state index in [1.807, 2.05) is 42.1 Å². The van der Waals surface area contributed by atoms with E-state index in [0.717, 1.165) is 41.0 Å². The molecule has 0 unspecified atom stereocenters. The highest BCUT2D eigenvalue weighted by molar-refractivity contribution is 7.98. The predicted octanol–water partition coefficient (Wildman–Crippen LogP) is 3.03. The summed E-state index contributed by atoms with van der Waals surface area (Å²) in [5.41, 5.74) is 7.60. The van der Waals surface area contributed by atoms with Gasteiger partial charge in [0.25, 0.3) is 0 Å². The molecule has 100 valence electrons. The summed E-state index contributed by atoms with van der Waals surface area (Å²) in [7, 11) is 0. The summed E-state index contributed by atoms with van der Waals surface area (Å²) >= 11 is 6.97. The van der Waals surface area contributed by atoms with Crippen LogP contribution in [0.1, 0.15) is 12.0 Å². The molecule has 0 spiro atoms. The Kier molecular flexibility index (Phi) is 4.99. The molecule has 0 fully saturated rings. The number of thioether (sulfide) groups is 1. The molecule has 3 nitrogen and oxygen atoms in total. The van der Waals surface area contributed by atoms with Crippen LogP contribution in [0.3, 0.4) is 0 Å². The number of anilines is 1. The maximum Gasteiger partial charge on any atom is 0.127 e. The highest BCUT2D eigenvalue weighted by Crippen LogP contribution is 2.20. The lowest BCUT2D eigenvalue weighted by molar-refractivity contribution is 0.984. The summed E-state index contributed by atoms with van der Waals surface area (Å²) in [5.74, 6) is 1.98. The Morgan fingerprint density at radius 3 is 2.95 bits per heavy atom. The van der Waals surface area contributed by atoms with Gasteiger partial charge in [-0.05, 0) is 30.6 Å². The smallest absolute Gasteiger partial charge is 0.127 e. The first kappa shape index (κ1) is 14.1. The number of nitrogens with two attached hydrogens (primary N) is 1. The van der Waals surface area contributed by atoms with Gasteiger partial charge in [-0.3, -0.25) is 0 Å². The molecular formula is C14H17N3S2. The molecule has 3 N–H and O–H groups in total. The van der Waals surface area contributed by atoms with Gasteiger partial charge in [0.15, 0.2) is 0 Å². The van der Waals surface area contributed by atoms with E-state index in [0.29, 0.717) is 4.99 Å². The van der Waals surface area contributed by atoms with Gasteiger partial charge in [0.2, 0.25) is 0 Å². The second kappa shape index (κ2) is 6.73. The van der Waals surface area contributed by atoms with Crippen LogP contribution in [0.2, 0.25) is 0 Å². The van der Waals surface area contributed by atoms with Crippen LogP contribution < -0.4 is 11.1 Å². The fraction of sp³-hybridized carbons (Fsp3) is 0.286. The van der Waals surface area contributed by atoms with E-state index < -0.39 is 0 Å². The zero-order valence-electron chi connectivity index (χ0n) is 10.8. The van der Waals surface area contributed by atoms with Crippen molar-refractivity contribution in [1.29, 1.82) is 0 Å². The van der Waals surface area contributed by atoms with Gasteiger partial charge in [0.1, 0.15) is 10.8 Å². The number of rotatable bonds is 6. The number of hydrogen-bond acceptors (Lipinski definition) is 4. The lowest BCUT2D eigenvalue weighted by atomic mass is 10.1. The minimum absolute atomic E-state index is 0.408. The summed E-state index contributed by atoms with van der Waals surface area (Å²) in [6.07, 6.45) is 3.22. The van der Waals surface area contributed by atoms with Crippen molar-refractivity contribution in [3.63, 3.8) is 0 Å². The maximum atomic E-state index is 5.80. The third kappa shape index (κ3) is 3.58. The third-order valence-electron chi connectivity index (χ3n) is 2.81. The molecule has 0 amide bonds. The fourth-order valence-electron chi connectivity index (χ4n) is 1.90.